The van der Waals surface area contributed by atoms with Crippen LogP contribution in [0.5, 0.6) is 0 Å². The zero-order chi connectivity index (χ0) is 28.6. The highest BCUT2D eigenvalue weighted by molar-refractivity contribution is 6.43. The van der Waals surface area contributed by atoms with Crippen molar-refractivity contribution in [1.82, 2.24) is 15.1 Å². The highest BCUT2D eigenvalue weighted by Gasteiger charge is 2.36. The Labute approximate surface area is 231 Å². The molecule has 11 heteroatoms. The number of hydrogen-bond acceptors (Lipinski definition) is 8. The summed E-state index contributed by atoms with van der Waals surface area (Å²) in [6.07, 6.45) is 2.60. The number of alkyl carbamates (subject to hydrolysis) is 1. The summed E-state index contributed by atoms with van der Waals surface area (Å²) in [6, 6.07) is 11.3. The largest absolute Gasteiger partial charge is 0.475 e. The van der Waals surface area contributed by atoms with Gasteiger partial charge in [0.2, 0.25) is 0 Å². The van der Waals surface area contributed by atoms with E-state index in [2.05, 4.69) is 16.3 Å². The van der Waals surface area contributed by atoms with Gasteiger partial charge in [-0.1, -0.05) is 30.3 Å². The summed E-state index contributed by atoms with van der Waals surface area (Å²) in [4.78, 5) is 29.9. The monoisotopic (exact) mass is 540 g/mol. The highest BCUT2D eigenvalue weighted by Crippen LogP contribution is 2.26. The molecule has 0 bridgehead atoms. The summed E-state index contributed by atoms with van der Waals surface area (Å²) in [5.41, 5.74) is 0.0344. The van der Waals surface area contributed by atoms with Gasteiger partial charge in [0.25, 0.3) is 5.91 Å². The Bertz CT molecular complexity index is 1060. The molecule has 10 nitrogen and oxygen atoms in total. The molecule has 2 fully saturated rings. The quantitative estimate of drug-likeness (QED) is 0.259. The fourth-order valence-electron chi connectivity index (χ4n) is 5.08. The zero-order valence-corrected chi connectivity index (χ0v) is 23.4. The van der Waals surface area contributed by atoms with E-state index in [4.69, 9.17) is 9.47 Å². The van der Waals surface area contributed by atoms with Gasteiger partial charge in [-0.15, -0.1) is 0 Å². The molecule has 1 aromatic carbocycles. The van der Waals surface area contributed by atoms with Crippen molar-refractivity contribution in [3.63, 3.8) is 0 Å². The van der Waals surface area contributed by atoms with Crippen molar-refractivity contribution in [2.24, 2.45) is 0 Å². The van der Waals surface area contributed by atoms with Gasteiger partial charge in [0, 0.05) is 25.2 Å². The Hall–Kier alpha value is -2.91. The van der Waals surface area contributed by atoms with Crippen molar-refractivity contribution < 1.29 is 29.1 Å². The first-order valence-corrected chi connectivity index (χ1v) is 13.6. The maximum atomic E-state index is 13.4. The second-order valence-electron chi connectivity index (χ2n) is 11.5. The number of rotatable bonds is 8. The van der Waals surface area contributed by atoms with Crippen LogP contribution in [0.1, 0.15) is 52.5 Å². The van der Waals surface area contributed by atoms with E-state index in [0.29, 0.717) is 32.7 Å². The molecule has 2 aliphatic rings. The first-order chi connectivity index (χ1) is 18.4. The van der Waals surface area contributed by atoms with Crippen LogP contribution in [-0.2, 0) is 20.7 Å². The van der Waals surface area contributed by atoms with Crippen molar-refractivity contribution in [3.8, 4) is 6.07 Å². The Kier molecular flexibility index (Phi) is 10.6. The number of amides is 2. The normalized spacial score (nSPS) is 21.3. The predicted octanol–water partition coefficient (Wildman–Crippen LogP) is 2.06. The lowest BCUT2D eigenvalue weighted by Gasteiger charge is -2.45. The van der Waals surface area contributed by atoms with Crippen LogP contribution in [0.4, 0.5) is 4.79 Å². The van der Waals surface area contributed by atoms with E-state index < -0.39 is 30.8 Å². The van der Waals surface area contributed by atoms with Crippen LogP contribution in [0.2, 0.25) is 0 Å². The van der Waals surface area contributed by atoms with E-state index in [9.17, 15) is 24.9 Å². The summed E-state index contributed by atoms with van der Waals surface area (Å²) >= 11 is 0. The molecule has 3 N–H and O–H groups in total. The first kappa shape index (κ1) is 30.6. The van der Waals surface area contributed by atoms with E-state index in [1.165, 1.54) is 0 Å². The fraction of sp³-hybridized carbons (Fsp3) is 0.607. The predicted molar refractivity (Wildman–Crippen MR) is 147 cm³/mol. The Morgan fingerprint density at radius 3 is 2.64 bits per heavy atom. The minimum atomic E-state index is -1.77. The topological polar surface area (TPSA) is 135 Å². The molecule has 1 unspecified atom stereocenters. The van der Waals surface area contributed by atoms with Gasteiger partial charge in [0.05, 0.1) is 24.7 Å². The van der Waals surface area contributed by atoms with Crippen LogP contribution < -0.4 is 5.32 Å². The summed E-state index contributed by atoms with van der Waals surface area (Å²) < 4.78 is 11.4. The van der Waals surface area contributed by atoms with Gasteiger partial charge in [-0.25, -0.2) is 4.79 Å². The molecule has 2 heterocycles. The van der Waals surface area contributed by atoms with Gasteiger partial charge >= 0.3 is 13.2 Å². The number of nitrogens with zero attached hydrogens (tertiary/aromatic N) is 3. The minimum absolute atomic E-state index is 0.0562. The van der Waals surface area contributed by atoms with Gasteiger partial charge in [-0.3, -0.25) is 9.69 Å². The number of carbonyl (C=O) groups excluding carboxylic acids is 2. The fourth-order valence-corrected chi connectivity index (χ4v) is 5.08. The summed E-state index contributed by atoms with van der Waals surface area (Å²) in [7, 11) is -1.77. The third kappa shape index (κ3) is 9.07. The molecule has 0 aromatic heterocycles. The molecule has 39 heavy (non-hydrogen) atoms. The van der Waals surface area contributed by atoms with E-state index in [1.807, 2.05) is 58.0 Å². The first-order valence-electron chi connectivity index (χ1n) is 13.6. The summed E-state index contributed by atoms with van der Waals surface area (Å²) in [6.45, 7) is 10.6. The third-order valence-electron chi connectivity index (χ3n) is 7.24. The molecule has 0 spiro atoms. The number of likely N-dealkylation sites (tertiary alicyclic amines) is 1. The molecule has 212 valence electrons. The van der Waals surface area contributed by atoms with Gasteiger partial charge < -0.3 is 29.7 Å². The number of nitrogens with one attached hydrogen (secondary N) is 1. The SMILES string of the molecule is CC1(C)CN(C(C)(C)C=C(C#N)C(=O)N2CCCCC(OC(=O)N[C@@H](Cc3ccccc3)B(O)O)C2)CCO1. The van der Waals surface area contributed by atoms with E-state index >= 15 is 0 Å². The maximum absolute atomic E-state index is 13.4. The smallest absolute Gasteiger partial charge is 0.444 e. The lowest BCUT2D eigenvalue weighted by Crippen LogP contribution is -2.55. The van der Waals surface area contributed by atoms with Gasteiger partial charge in [-0.2, -0.15) is 5.26 Å². The van der Waals surface area contributed by atoms with Crippen molar-refractivity contribution in [3.05, 3.63) is 47.5 Å². The van der Waals surface area contributed by atoms with Crippen molar-refractivity contribution >= 4 is 19.1 Å². The van der Waals surface area contributed by atoms with Crippen molar-refractivity contribution in [2.75, 3.05) is 32.8 Å². The average Bonchev–Trinajstić information content (AvgIpc) is 3.12. The van der Waals surface area contributed by atoms with Crippen LogP contribution in [0.25, 0.3) is 0 Å². The van der Waals surface area contributed by atoms with Gasteiger partial charge in [-0.05, 0) is 65.0 Å². The number of benzene rings is 1. The van der Waals surface area contributed by atoms with Gasteiger partial charge in [0.15, 0.2) is 0 Å². The Balaban J connectivity index is 1.64. The molecule has 2 saturated heterocycles. The lowest BCUT2D eigenvalue weighted by molar-refractivity contribution is -0.128. The van der Waals surface area contributed by atoms with Crippen LogP contribution in [-0.4, -0.2) is 94.9 Å². The molecule has 0 aliphatic carbocycles. The molecule has 2 amide bonds. The number of hydrogen-bond donors (Lipinski definition) is 3. The Morgan fingerprint density at radius 1 is 1.28 bits per heavy atom. The minimum Gasteiger partial charge on any atom is -0.444 e. The van der Waals surface area contributed by atoms with Gasteiger partial charge in [0.1, 0.15) is 17.7 Å². The molecule has 2 atom stereocenters. The van der Waals surface area contributed by atoms with E-state index in [1.54, 1.807) is 11.0 Å². The number of nitriles is 1. The zero-order valence-electron chi connectivity index (χ0n) is 23.4. The summed E-state index contributed by atoms with van der Waals surface area (Å²) in [5.74, 6) is -1.34. The highest BCUT2D eigenvalue weighted by atomic mass is 16.6. The van der Waals surface area contributed by atoms with Crippen LogP contribution in [0.3, 0.4) is 0 Å². The molecule has 2 aliphatic heterocycles. The second-order valence-corrected chi connectivity index (χ2v) is 11.5. The summed E-state index contributed by atoms with van der Waals surface area (Å²) in [5, 5.41) is 32.0. The molecule has 0 radical (unpaired) electrons. The molecule has 3 rings (SSSR count). The standard InChI is InChI=1S/C28H41BN4O6/c1-27(2,33-14-15-38-28(3,4)20-33)17-22(18-30)25(34)32-13-9-8-12-23(19-32)39-26(35)31-24(29(36)37)16-21-10-6-5-7-11-21/h5-7,10-11,17,23-24,36-37H,8-9,12-16,19-20H2,1-4H3,(H,31,35)/t23?,24-/m0/s1. The molecule has 0 saturated carbocycles. The lowest BCUT2D eigenvalue weighted by atomic mass is 9.76. The van der Waals surface area contributed by atoms with Crippen LogP contribution in [0, 0.1) is 11.3 Å². The number of carbonyl (C=O) groups is 2. The number of ether oxygens (including phenoxy) is 2. The molecule has 1 aromatic rings. The molecular formula is C28H41BN4O6. The van der Waals surface area contributed by atoms with E-state index in [0.717, 1.165) is 18.4 Å². The van der Waals surface area contributed by atoms with Crippen LogP contribution >= 0.6 is 0 Å². The maximum Gasteiger partial charge on any atom is 0.475 e. The van der Waals surface area contributed by atoms with Crippen molar-refractivity contribution in [1.29, 1.82) is 5.26 Å². The average molecular weight is 540 g/mol. The third-order valence-corrected chi connectivity index (χ3v) is 7.24. The second kappa shape index (κ2) is 13.4. The van der Waals surface area contributed by atoms with Crippen molar-refractivity contribution in [2.45, 2.75) is 76.6 Å². The number of morpholine rings is 1. The Morgan fingerprint density at radius 2 is 2.00 bits per heavy atom. The van der Waals surface area contributed by atoms with Crippen LogP contribution in [0.15, 0.2) is 42.0 Å². The van der Waals surface area contributed by atoms with E-state index in [-0.39, 0.29) is 30.0 Å². The molecular weight excluding hydrogens is 499 g/mol.